The zero-order valence-electron chi connectivity index (χ0n) is 9.79. The molecule has 9 heteroatoms. The van der Waals surface area contributed by atoms with Gasteiger partial charge in [-0.2, -0.15) is 4.99 Å². The normalized spacial score (nSPS) is 10.2. The van der Waals surface area contributed by atoms with Gasteiger partial charge in [-0.05, 0) is 12.1 Å². The Kier molecular flexibility index (Phi) is 3.78. The van der Waals surface area contributed by atoms with Crippen molar-refractivity contribution >= 4 is 28.3 Å². The smallest absolute Gasteiger partial charge is 0.241 e. The maximum atomic E-state index is 11.1. The summed E-state index contributed by atoms with van der Waals surface area (Å²) in [5.41, 5.74) is 13.2. The highest BCUT2D eigenvalue weighted by atomic mass is 32.1. The predicted molar refractivity (Wildman–Crippen MR) is 71.3 cm³/mol. The Balaban J connectivity index is 2.16. The minimum atomic E-state index is -0.333. The topological polar surface area (TPSA) is 146 Å². The number of hydrazine groups is 1. The third-order valence-electron chi connectivity index (χ3n) is 2.13. The number of thiazole rings is 1. The lowest BCUT2D eigenvalue weighted by molar-refractivity contribution is -0.120. The number of hydrogen-bond acceptors (Lipinski definition) is 6. The Bertz CT molecular complexity index is 613. The lowest BCUT2D eigenvalue weighted by Gasteiger charge is -1.95. The first kappa shape index (κ1) is 13.1. The molecule has 0 atom stereocenters. The summed E-state index contributed by atoms with van der Waals surface area (Å²) in [6.45, 7) is 0. The molecule has 0 radical (unpaired) electrons. The van der Waals surface area contributed by atoms with E-state index in [1.54, 1.807) is 17.5 Å². The number of carbonyl (C=O) groups excluding carboxylic acids is 1. The van der Waals surface area contributed by atoms with Crippen LogP contribution in [0.1, 0.15) is 5.76 Å². The maximum absolute atomic E-state index is 11.1. The van der Waals surface area contributed by atoms with E-state index in [9.17, 15) is 4.79 Å². The van der Waals surface area contributed by atoms with Gasteiger partial charge in [0, 0.05) is 5.38 Å². The van der Waals surface area contributed by atoms with Crippen molar-refractivity contribution < 1.29 is 9.21 Å². The molecule has 0 aliphatic heterocycles. The van der Waals surface area contributed by atoms with Crippen LogP contribution in [0, 0.1) is 0 Å². The first-order valence-corrected chi connectivity index (χ1v) is 6.10. The molecular weight excluding hydrogens is 268 g/mol. The van der Waals surface area contributed by atoms with Gasteiger partial charge in [0.25, 0.3) is 0 Å². The van der Waals surface area contributed by atoms with E-state index in [0.717, 1.165) is 0 Å². The van der Waals surface area contributed by atoms with Gasteiger partial charge in [-0.25, -0.2) is 10.8 Å². The summed E-state index contributed by atoms with van der Waals surface area (Å²) >= 11 is 1.28. The summed E-state index contributed by atoms with van der Waals surface area (Å²) in [6.07, 6.45) is 0.0708. The Labute approximate surface area is 112 Å². The molecule has 1 amide bonds. The number of rotatable bonds is 4. The molecule has 0 aliphatic rings. The van der Waals surface area contributed by atoms with Crippen LogP contribution >= 0.6 is 11.3 Å². The van der Waals surface area contributed by atoms with Crippen LogP contribution in [0.2, 0.25) is 0 Å². The molecule has 0 saturated heterocycles. The van der Waals surface area contributed by atoms with Gasteiger partial charge in [0.2, 0.25) is 11.0 Å². The molecule has 100 valence electrons. The molecule has 0 fully saturated rings. The number of aromatic nitrogens is 1. The van der Waals surface area contributed by atoms with Crippen molar-refractivity contribution in [2.45, 2.75) is 6.42 Å². The van der Waals surface area contributed by atoms with E-state index in [1.165, 1.54) is 11.3 Å². The minimum Gasteiger partial charge on any atom is -0.459 e. The molecule has 0 spiro atoms. The molecule has 2 rings (SSSR count). The van der Waals surface area contributed by atoms with Gasteiger partial charge < -0.3 is 15.9 Å². The summed E-state index contributed by atoms with van der Waals surface area (Å²) in [7, 11) is 0. The van der Waals surface area contributed by atoms with Gasteiger partial charge in [0.1, 0.15) is 11.5 Å². The van der Waals surface area contributed by atoms with E-state index in [4.69, 9.17) is 21.7 Å². The lowest BCUT2D eigenvalue weighted by atomic mass is 10.3. The van der Waals surface area contributed by atoms with Gasteiger partial charge in [-0.3, -0.25) is 10.2 Å². The molecule has 0 saturated carbocycles. The standard InChI is InChI=1S/C10H12N6O2S/c11-9(12)15-10-14-6(4-19-10)7-2-1-5(18-7)3-8(17)16-13/h1-2,4H,3,13H2,(H,16,17)(H4,11,12,14,15). The third-order valence-corrected chi connectivity index (χ3v) is 2.86. The molecule has 19 heavy (non-hydrogen) atoms. The molecule has 2 heterocycles. The van der Waals surface area contributed by atoms with Gasteiger partial charge in [-0.1, -0.05) is 0 Å². The molecule has 2 aromatic rings. The highest BCUT2D eigenvalue weighted by molar-refractivity contribution is 7.13. The average molecular weight is 280 g/mol. The first-order chi connectivity index (χ1) is 9.08. The first-order valence-electron chi connectivity index (χ1n) is 5.22. The number of carbonyl (C=O) groups is 1. The van der Waals surface area contributed by atoms with E-state index in [1.807, 2.05) is 5.43 Å². The number of guanidine groups is 1. The second-order valence-electron chi connectivity index (χ2n) is 3.56. The van der Waals surface area contributed by atoms with E-state index in [0.29, 0.717) is 22.3 Å². The highest BCUT2D eigenvalue weighted by Gasteiger charge is 2.11. The number of nitrogens with one attached hydrogen (secondary N) is 1. The number of nitrogens with two attached hydrogens (primary N) is 3. The third kappa shape index (κ3) is 3.30. The second kappa shape index (κ2) is 5.50. The van der Waals surface area contributed by atoms with Crippen LogP contribution in [0.3, 0.4) is 0 Å². The van der Waals surface area contributed by atoms with Crippen molar-refractivity contribution in [1.29, 1.82) is 0 Å². The Hall–Kier alpha value is -2.39. The van der Waals surface area contributed by atoms with Crippen LogP contribution in [-0.2, 0) is 11.2 Å². The number of furan rings is 1. The molecule has 0 unspecified atom stereocenters. The van der Waals surface area contributed by atoms with Crippen molar-refractivity contribution in [1.82, 2.24) is 10.4 Å². The van der Waals surface area contributed by atoms with E-state index < -0.39 is 0 Å². The van der Waals surface area contributed by atoms with E-state index in [-0.39, 0.29) is 18.3 Å². The zero-order valence-corrected chi connectivity index (χ0v) is 10.6. The van der Waals surface area contributed by atoms with E-state index in [2.05, 4.69) is 9.98 Å². The summed E-state index contributed by atoms with van der Waals surface area (Å²) in [6, 6.07) is 3.40. The van der Waals surface area contributed by atoms with Crippen LogP contribution in [0.15, 0.2) is 26.9 Å². The highest BCUT2D eigenvalue weighted by Crippen LogP contribution is 2.28. The largest absolute Gasteiger partial charge is 0.459 e. The number of nitrogens with zero attached hydrogens (tertiary/aromatic N) is 2. The van der Waals surface area contributed by atoms with Crippen LogP contribution in [0.4, 0.5) is 5.13 Å². The number of hydrogen-bond donors (Lipinski definition) is 4. The Morgan fingerprint density at radius 3 is 2.95 bits per heavy atom. The molecule has 8 nitrogen and oxygen atoms in total. The summed E-state index contributed by atoms with van der Waals surface area (Å²) < 4.78 is 5.48. The maximum Gasteiger partial charge on any atom is 0.241 e. The fourth-order valence-electron chi connectivity index (χ4n) is 1.36. The number of amides is 1. The van der Waals surface area contributed by atoms with Gasteiger partial charge in [0.05, 0.1) is 6.42 Å². The average Bonchev–Trinajstić information content (AvgIpc) is 2.97. The van der Waals surface area contributed by atoms with E-state index >= 15 is 0 Å². The summed E-state index contributed by atoms with van der Waals surface area (Å²) in [5.74, 6) is 5.64. The molecule has 7 N–H and O–H groups in total. The molecule has 0 aromatic carbocycles. The van der Waals surface area contributed by atoms with Crippen molar-refractivity contribution in [3.05, 3.63) is 23.3 Å². The monoisotopic (exact) mass is 280 g/mol. The fraction of sp³-hybridized carbons (Fsp3) is 0.100. The lowest BCUT2D eigenvalue weighted by Crippen LogP contribution is -2.31. The zero-order chi connectivity index (χ0) is 13.8. The van der Waals surface area contributed by atoms with Gasteiger partial charge in [-0.15, -0.1) is 11.3 Å². The van der Waals surface area contributed by atoms with Crippen LogP contribution < -0.4 is 22.7 Å². The van der Waals surface area contributed by atoms with Crippen LogP contribution in [0.5, 0.6) is 0 Å². The number of aliphatic imine (C=N–C) groups is 1. The molecule has 0 aliphatic carbocycles. The molecule has 0 bridgehead atoms. The summed E-state index contributed by atoms with van der Waals surface area (Å²) in [5, 5.41) is 2.19. The predicted octanol–water partition coefficient (Wildman–Crippen LogP) is -0.160. The molecule has 2 aromatic heterocycles. The molecular formula is C10H12N6O2S. The quantitative estimate of drug-likeness (QED) is 0.201. The van der Waals surface area contributed by atoms with Crippen LogP contribution in [-0.4, -0.2) is 16.9 Å². The van der Waals surface area contributed by atoms with Crippen molar-refractivity contribution in [3.63, 3.8) is 0 Å². The van der Waals surface area contributed by atoms with Crippen molar-refractivity contribution in [2.24, 2.45) is 22.3 Å². The van der Waals surface area contributed by atoms with Crippen LogP contribution in [0.25, 0.3) is 11.5 Å². The summed E-state index contributed by atoms with van der Waals surface area (Å²) in [4.78, 5) is 19.1. The fourth-order valence-corrected chi connectivity index (χ4v) is 2.05. The van der Waals surface area contributed by atoms with Gasteiger partial charge >= 0.3 is 0 Å². The Morgan fingerprint density at radius 2 is 2.26 bits per heavy atom. The second-order valence-corrected chi connectivity index (χ2v) is 4.40. The Morgan fingerprint density at radius 1 is 1.47 bits per heavy atom. The minimum absolute atomic E-state index is 0.0550. The SMILES string of the molecule is NNC(=O)Cc1ccc(-c2csc(N=C(N)N)n2)o1. The van der Waals surface area contributed by atoms with Crippen molar-refractivity contribution in [2.75, 3.05) is 0 Å². The van der Waals surface area contributed by atoms with Crippen molar-refractivity contribution in [3.8, 4) is 11.5 Å². The van der Waals surface area contributed by atoms with Gasteiger partial charge in [0.15, 0.2) is 11.7 Å².